The minimum Gasteiger partial charge on any atom is -0.480 e. The molecular formula is C11H17N3O4. The van der Waals surface area contributed by atoms with E-state index >= 15 is 0 Å². The van der Waals surface area contributed by atoms with Crippen LogP contribution in [0.5, 0.6) is 0 Å². The lowest BCUT2D eigenvalue weighted by atomic mass is 10.2. The van der Waals surface area contributed by atoms with Gasteiger partial charge in [0.15, 0.2) is 0 Å². The predicted octanol–water partition coefficient (Wildman–Crippen LogP) is -0.667. The average molecular weight is 255 g/mol. The quantitative estimate of drug-likeness (QED) is 0.700. The van der Waals surface area contributed by atoms with Gasteiger partial charge < -0.3 is 20.2 Å². The predicted molar refractivity (Wildman–Crippen MR) is 61.9 cm³/mol. The number of piperazine rings is 1. The van der Waals surface area contributed by atoms with E-state index in [4.69, 9.17) is 5.11 Å². The summed E-state index contributed by atoms with van der Waals surface area (Å²) >= 11 is 0. The number of urea groups is 1. The number of nitrogens with one attached hydrogen (secondary N) is 1. The maximum Gasteiger partial charge on any atom is 0.326 e. The van der Waals surface area contributed by atoms with Gasteiger partial charge in [0.25, 0.3) is 0 Å². The monoisotopic (exact) mass is 255 g/mol. The number of aliphatic carboxylic acids is 1. The van der Waals surface area contributed by atoms with Crippen LogP contribution < -0.4 is 5.32 Å². The van der Waals surface area contributed by atoms with Gasteiger partial charge in [0, 0.05) is 20.1 Å². The molecule has 1 aliphatic heterocycles. The Bertz CT molecular complexity index is 380. The highest BCUT2D eigenvalue weighted by atomic mass is 16.4. The highest BCUT2D eigenvalue weighted by Crippen LogP contribution is 2.32. The molecule has 2 fully saturated rings. The van der Waals surface area contributed by atoms with E-state index in [0.717, 1.165) is 12.8 Å². The van der Waals surface area contributed by atoms with Crippen LogP contribution in [0.15, 0.2) is 0 Å². The topological polar surface area (TPSA) is 89.9 Å². The summed E-state index contributed by atoms with van der Waals surface area (Å²) in [6, 6.07) is -1.29. The summed E-state index contributed by atoms with van der Waals surface area (Å²) in [5.41, 5.74) is 0. The summed E-state index contributed by atoms with van der Waals surface area (Å²) in [5.74, 6) is -1.10. The third kappa shape index (κ3) is 2.72. The first kappa shape index (κ1) is 12.7. The first-order valence-corrected chi connectivity index (χ1v) is 6.01. The number of amides is 3. The zero-order chi connectivity index (χ0) is 13.3. The highest BCUT2D eigenvalue weighted by Gasteiger charge is 2.38. The van der Waals surface area contributed by atoms with Crippen LogP contribution in [0.25, 0.3) is 0 Å². The number of carboxylic acid groups (broad SMARTS) is 1. The van der Waals surface area contributed by atoms with Crippen LogP contribution in [0.3, 0.4) is 0 Å². The van der Waals surface area contributed by atoms with Gasteiger partial charge in [-0.2, -0.15) is 0 Å². The van der Waals surface area contributed by atoms with E-state index in [9.17, 15) is 14.4 Å². The van der Waals surface area contributed by atoms with Crippen LogP contribution in [-0.4, -0.2) is 65.5 Å². The smallest absolute Gasteiger partial charge is 0.326 e. The molecule has 2 N–H and O–H groups in total. The molecule has 3 amide bonds. The molecule has 0 spiro atoms. The molecule has 100 valence electrons. The molecular weight excluding hydrogens is 238 g/mol. The molecule has 2 rings (SSSR count). The number of hydrogen-bond donors (Lipinski definition) is 2. The summed E-state index contributed by atoms with van der Waals surface area (Å²) < 4.78 is 0. The molecule has 18 heavy (non-hydrogen) atoms. The lowest BCUT2D eigenvalue weighted by Crippen LogP contribution is -2.56. The SMILES string of the molecule is CN1CCN(C(=O)NC(C(=O)O)C2CC2)CC1=O. The van der Waals surface area contributed by atoms with E-state index in [1.54, 1.807) is 11.9 Å². The Labute approximate surface area is 105 Å². The summed E-state index contributed by atoms with van der Waals surface area (Å²) in [5, 5.41) is 11.5. The van der Waals surface area contributed by atoms with Crippen LogP contribution in [0.4, 0.5) is 4.79 Å². The number of nitrogens with zero attached hydrogens (tertiary/aromatic N) is 2. The van der Waals surface area contributed by atoms with E-state index < -0.39 is 18.0 Å². The van der Waals surface area contributed by atoms with Gasteiger partial charge in [-0.05, 0) is 18.8 Å². The largest absolute Gasteiger partial charge is 0.480 e. The standard InChI is InChI=1S/C11H17N3O4/c1-13-4-5-14(6-8(13)15)11(18)12-9(10(16)17)7-2-3-7/h7,9H,2-6H2,1H3,(H,12,18)(H,16,17). The maximum atomic E-state index is 11.9. The van der Waals surface area contributed by atoms with Crippen molar-refractivity contribution in [1.29, 1.82) is 0 Å². The molecule has 0 aromatic heterocycles. The van der Waals surface area contributed by atoms with Crippen molar-refractivity contribution in [3.63, 3.8) is 0 Å². The second-order valence-corrected chi connectivity index (χ2v) is 4.84. The molecule has 1 unspecified atom stereocenters. The molecule has 1 saturated heterocycles. The minimum absolute atomic E-state index is 0.0132. The van der Waals surface area contributed by atoms with Crippen molar-refractivity contribution in [3.05, 3.63) is 0 Å². The number of carboxylic acids is 1. The molecule has 1 saturated carbocycles. The number of hydrogen-bond acceptors (Lipinski definition) is 3. The van der Waals surface area contributed by atoms with Gasteiger partial charge in [-0.1, -0.05) is 0 Å². The summed E-state index contributed by atoms with van der Waals surface area (Å²) in [6.07, 6.45) is 1.66. The van der Waals surface area contributed by atoms with Crippen molar-refractivity contribution in [1.82, 2.24) is 15.1 Å². The Kier molecular flexibility index (Phi) is 3.40. The number of likely N-dealkylation sites (N-methyl/N-ethyl adjacent to an activating group) is 1. The van der Waals surface area contributed by atoms with Gasteiger partial charge in [-0.25, -0.2) is 9.59 Å². The van der Waals surface area contributed by atoms with Gasteiger partial charge in [-0.3, -0.25) is 4.79 Å². The zero-order valence-electron chi connectivity index (χ0n) is 10.3. The summed E-state index contributed by atoms with van der Waals surface area (Å²) in [7, 11) is 1.68. The second kappa shape index (κ2) is 4.83. The molecule has 0 aromatic rings. The van der Waals surface area contributed by atoms with E-state index in [-0.39, 0.29) is 18.4 Å². The van der Waals surface area contributed by atoms with Crippen LogP contribution >= 0.6 is 0 Å². The van der Waals surface area contributed by atoms with Crippen molar-refractivity contribution in [2.45, 2.75) is 18.9 Å². The molecule has 1 heterocycles. The zero-order valence-corrected chi connectivity index (χ0v) is 10.3. The van der Waals surface area contributed by atoms with Crippen LogP contribution in [0.2, 0.25) is 0 Å². The molecule has 0 bridgehead atoms. The third-order valence-electron chi connectivity index (χ3n) is 3.38. The van der Waals surface area contributed by atoms with Crippen LogP contribution in [-0.2, 0) is 9.59 Å². The van der Waals surface area contributed by atoms with Gasteiger partial charge in [0.05, 0.1) is 0 Å². The van der Waals surface area contributed by atoms with Crippen LogP contribution in [0.1, 0.15) is 12.8 Å². The minimum atomic E-state index is -1.01. The average Bonchev–Trinajstić information content (AvgIpc) is 3.13. The molecule has 1 atom stereocenters. The number of carbonyl (C=O) groups is 3. The summed E-state index contributed by atoms with van der Waals surface area (Å²) in [4.78, 5) is 37.3. The number of rotatable bonds is 3. The molecule has 0 radical (unpaired) electrons. The first-order valence-electron chi connectivity index (χ1n) is 6.01. The van der Waals surface area contributed by atoms with Gasteiger partial charge in [0.2, 0.25) is 5.91 Å². The van der Waals surface area contributed by atoms with Gasteiger partial charge in [-0.15, -0.1) is 0 Å². The lowest BCUT2D eigenvalue weighted by molar-refractivity contribution is -0.139. The number of carbonyl (C=O) groups excluding carboxylic acids is 2. The Morgan fingerprint density at radius 1 is 1.39 bits per heavy atom. The van der Waals surface area contributed by atoms with E-state index in [1.165, 1.54) is 4.90 Å². The normalized spacial score (nSPS) is 21.7. The summed E-state index contributed by atoms with van der Waals surface area (Å²) in [6.45, 7) is 0.928. The van der Waals surface area contributed by atoms with Crippen molar-refractivity contribution < 1.29 is 19.5 Å². The van der Waals surface area contributed by atoms with Gasteiger partial charge in [0.1, 0.15) is 12.6 Å². The third-order valence-corrected chi connectivity index (χ3v) is 3.38. The Morgan fingerprint density at radius 2 is 2.06 bits per heavy atom. The highest BCUT2D eigenvalue weighted by molar-refractivity contribution is 5.87. The second-order valence-electron chi connectivity index (χ2n) is 4.84. The van der Waals surface area contributed by atoms with E-state index in [0.29, 0.717) is 13.1 Å². The lowest BCUT2D eigenvalue weighted by Gasteiger charge is -2.32. The Hall–Kier alpha value is -1.79. The van der Waals surface area contributed by atoms with Gasteiger partial charge >= 0.3 is 12.0 Å². The fourth-order valence-corrected chi connectivity index (χ4v) is 1.97. The molecule has 1 aliphatic carbocycles. The molecule has 0 aromatic carbocycles. The maximum absolute atomic E-state index is 11.9. The van der Waals surface area contributed by atoms with Crippen molar-refractivity contribution in [3.8, 4) is 0 Å². The van der Waals surface area contributed by atoms with E-state index in [2.05, 4.69) is 5.32 Å². The first-order chi connectivity index (χ1) is 8.49. The Morgan fingerprint density at radius 3 is 2.56 bits per heavy atom. The van der Waals surface area contributed by atoms with E-state index in [1.807, 2.05) is 0 Å². The van der Waals surface area contributed by atoms with Crippen molar-refractivity contribution >= 4 is 17.9 Å². The molecule has 2 aliphatic rings. The fraction of sp³-hybridized carbons (Fsp3) is 0.727. The fourth-order valence-electron chi connectivity index (χ4n) is 1.97. The van der Waals surface area contributed by atoms with Crippen LogP contribution in [0, 0.1) is 5.92 Å². The van der Waals surface area contributed by atoms with Crippen molar-refractivity contribution in [2.24, 2.45) is 5.92 Å². The Balaban J connectivity index is 1.91. The molecule has 7 heteroatoms. The molecule has 7 nitrogen and oxygen atoms in total. The van der Waals surface area contributed by atoms with Crippen molar-refractivity contribution in [2.75, 3.05) is 26.7 Å².